The highest BCUT2D eigenvalue weighted by Crippen LogP contribution is 2.00. The summed E-state index contributed by atoms with van der Waals surface area (Å²) in [7, 11) is 1.44. The van der Waals surface area contributed by atoms with Crippen LogP contribution in [0.5, 0.6) is 0 Å². The average molecular weight is 174 g/mol. The van der Waals surface area contributed by atoms with Crippen LogP contribution in [0.3, 0.4) is 0 Å². The lowest BCUT2D eigenvalue weighted by molar-refractivity contribution is -0.140. The normalized spacial score (nSPS) is 12.3. The van der Waals surface area contributed by atoms with Crippen LogP contribution in [0.2, 0.25) is 0 Å². The van der Waals surface area contributed by atoms with Gasteiger partial charge in [0.15, 0.2) is 0 Å². The zero-order chi connectivity index (χ0) is 9.72. The molecule has 2 amide bonds. The van der Waals surface area contributed by atoms with Crippen molar-refractivity contribution >= 4 is 12.0 Å². The van der Waals surface area contributed by atoms with Gasteiger partial charge in [0.25, 0.3) is 0 Å². The Morgan fingerprint density at radius 3 is 2.08 bits per heavy atom. The molecule has 1 unspecified atom stereocenters. The van der Waals surface area contributed by atoms with Crippen molar-refractivity contribution in [2.24, 2.45) is 5.92 Å². The minimum Gasteiger partial charge on any atom is -0.480 e. The van der Waals surface area contributed by atoms with E-state index in [1.807, 2.05) is 0 Å². The summed E-state index contributed by atoms with van der Waals surface area (Å²) >= 11 is 0. The van der Waals surface area contributed by atoms with Gasteiger partial charge in [0.1, 0.15) is 6.04 Å². The van der Waals surface area contributed by atoms with Gasteiger partial charge >= 0.3 is 12.0 Å². The molecule has 5 nitrogen and oxygen atoms in total. The molecule has 0 aromatic heterocycles. The molecule has 0 aliphatic rings. The maximum absolute atomic E-state index is 10.7. The van der Waals surface area contributed by atoms with E-state index < -0.39 is 18.0 Å². The quantitative estimate of drug-likeness (QED) is 0.564. The number of amides is 2. The molecule has 1 atom stereocenters. The first-order valence-corrected chi connectivity index (χ1v) is 3.70. The Hall–Kier alpha value is -1.26. The van der Waals surface area contributed by atoms with Crippen molar-refractivity contribution in [3.63, 3.8) is 0 Å². The zero-order valence-corrected chi connectivity index (χ0v) is 7.42. The molecule has 0 radical (unpaired) electrons. The predicted molar refractivity (Wildman–Crippen MR) is 43.9 cm³/mol. The van der Waals surface area contributed by atoms with E-state index in [0.29, 0.717) is 0 Å². The van der Waals surface area contributed by atoms with Crippen molar-refractivity contribution in [3.8, 4) is 0 Å². The first kappa shape index (κ1) is 10.7. The minimum atomic E-state index is -1.02. The van der Waals surface area contributed by atoms with E-state index in [1.165, 1.54) is 7.05 Å². The molecule has 0 heterocycles. The van der Waals surface area contributed by atoms with E-state index in [4.69, 9.17) is 5.11 Å². The lowest BCUT2D eigenvalue weighted by Crippen LogP contribution is -2.47. The van der Waals surface area contributed by atoms with Crippen molar-refractivity contribution in [3.05, 3.63) is 0 Å². The van der Waals surface area contributed by atoms with Crippen LogP contribution in [0.1, 0.15) is 13.8 Å². The van der Waals surface area contributed by atoms with Crippen LogP contribution >= 0.6 is 0 Å². The molecular weight excluding hydrogens is 160 g/mol. The van der Waals surface area contributed by atoms with Gasteiger partial charge in [0, 0.05) is 7.05 Å². The standard InChI is InChI=1S/C7H14N2O3/c1-4(2)5(6(10)11)9-7(12)8-3/h4-5H,1-3H3,(H,10,11)(H2,8,9,12). The fourth-order valence-corrected chi connectivity index (χ4v) is 0.727. The van der Waals surface area contributed by atoms with Gasteiger partial charge in [-0.05, 0) is 5.92 Å². The number of hydrogen-bond acceptors (Lipinski definition) is 2. The van der Waals surface area contributed by atoms with E-state index in [-0.39, 0.29) is 5.92 Å². The number of carbonyl (C=O) groups excluding carboxylic acids is 1. The fraction of sp³-hybridized carbons (Fsp3) is 0.714. The Morgan fingerprint density at radius 1 is 1.33 bits per heavy atom. The summed E-state index contributed by atoms with van der Waals surface area (Å²) in [6, 6.07) is -1.30. The van der Waals surface area contributed by atoms with Crippen LogP contribution in [0, 0.1) is 5.92 Å². The Labute approximate surface area is 71.1 Å². The van der Waals surface area contributed by atoms with Gasteiger partial charge in [-0.3, -0.25) is 0 Å². The molecule has 0 rings (SSSR count). The van der Waals surface area contributed by atoms with E-state index in [2.05, 4.69) is 10.6 Å². The van der Waals surface area contributed by atoms with E-state index in [9.17, 15) is 9.59 Å². The highest BCUT2D eigenvalue weighted by atomic mass is 16.4. The summed E-state index contributed by atoms with van der Waals surface area (Å²) < 4.78 is 0. The molecule has 0 aliphatic carbocycles. The van der Waals surface area contributed by atoms with Crippen molar-refractivity contribution in [1.82, 2.24) is 10.6 Å². The van der Waals surface area contributed by atoms with Crippen molar-refractivity contribution in [2.75, 3.05) is 7.05 Å². The van der Waals surface area contributed by atoms with Gasteiger partial charge in [0.05, 0.1) is 0 Å². The number of rotatable bonds is 3. The average Bonchev–Trinajstić information content (AvgIpc) is 1.98. The van der Waals surface area contributed by atoms with Gasteiger partial charge in [-0.1, -0.05) is 13.8 Å². The van der Waals surface area contributed by atoms with Gasteiger partial charge in [-0.2, -0.15) is 0 Å². The number of aliphatic carboxylic acids is 1. The Balaban J connectivity index is 4.14. The topological polar surface area (TPSA) is 78.4 Å². The van der Waals surface area contributed by atoms with Crippen molar-refractivity contribution in [2.45, 2.75) is 19.9 Å². The second-order valence-electron chi connectivity index (χ2n) is 2.78. The Bertz CT molecular complexity index is 179. The van der Waals surface area contributed by atoms with Gasteiger partial charge < -0.3 is 15.7 Å². The molecule has 70 valence electrons. The molecule has 3 N–H and O–H groups in total. The predicted octanol–water partition coefficient (Wildman–Crippen LogP) is 0.0246. The molecule has 0 fully saturated rings. The SMILES string of the molecule is CNC(=O)NC(C(=O)O)C(C)C. The van der Waals surface area contributed by atoms with E-state index in [0.717, 1.165) is 0 Å². The number of hydrogen-bond donors (Lipinski definition) is 3. The molecule has 0 aromatic carbocycles. The number of urea groups is 1. The van der Waals surface area contributed by atoms with Crippen LogP contribution in [0.25, 0.3) is 0 Å². The van der Waals surface area contributed by atoms with Crippen molar-refractivity contribution in [1.29, 1.82) is 0 Å². The molecule has 12 heavy (non-hydrogen) atoms. The molecule has 0 bridgehead atoms. The zero-order valence-electron chi connectivity index (χ0n) is 7.42. The number of carboxylic acids is 1. The lowest BCUT2D eigenvalue weighted by Gasteiger charge is -2.17. The summed E-state index contributed by atoms with van der Waals surface area (Å²) in [6.45, 7) is 3.46. The third-order valence-corrected chi connectivity index (χ3v) is 1.45. The van der Waals surface area contributed by atoms with Crippen LogP contribution in [0.4, 0.5) is 4.79 Å². The smallest absolute Gasteiger partial charge is 0.326 e. The first-order chi connectivity index (χ1) is 5.49. The number of nitrogens with one attached hydrogen (secondary N) is 2. The second-order valence-corrected chi connectivity index (χ2v) is 2.78. The maximum Gasteiger partial charge on any atom is 0.326 e. The van der Waals surface area contributed by atoms with Crippen LogP contribution in [0.15, 0.2) is 0 Å². The lowest BCUT2D eigenvalue weighted by atomic mass is 10.1. The first-order valence-electron chi connectivity index (χ1n) is 3.70. The third-order valence-electron chi connectivity index (χ3n) is 1.45. The molecule has 0 saturated carbocycles. The number of carboxylic acid groups (broad SMARTS) is 1. The minimum absolute atomic E-state index is 0.125. The second kappa shape index (κ2) is 4.58. The summed E-state index contributed by atoms with van der Waals surface area (Å²) in [5.74, 6) is -1.14. The Kier molecular flexibility index (Phi) is 4.10. The van der Waals surface area contributed by atoms with Gasteiger partial charge in [-0.25, -0.2) is 9.59 Å². The highest BCUT2D eigenvalue weighted by Gasteiger charge is 2.22. The monoisotopic (exact) mass is 174 g/mol. The van der Waals surface area contributed by atoms with Crippen LogP contribution in [-0.2, 0) is 4.79 Å². The summed E-state index contributed by atoms with van der Waals surface area (Å²) in [5, 5.41) is 13.3. The summed E-state index contributed by atoms with van der Waals surface area (Å²) in [6.07, 6.45) is 0. The van der Waals surface area contributed by atoms with Crippen molar-refractivity contribution < 1.29 is 14.7 Å². The van der Waals surface area contributed by atoms with Crippen LogP contribution in [-0.4, -0.2) is 30.2 Å². The highest BCUT2D eigenvalue weighted by molar-refractivity contribution is 5.82. The van der Waals surface area contributed by atoms with E-state index >= 15 is 0 Å². The fourth-order valence-electron chi connectivity index (χ4n) is 0.727. The third kappa shape index (κ3) is 3.23. The maximum atomic E-state index is 10.7. The molecule has 0 spiro atoms. The number of carbonyl (C=O) groups is 2. The molecule has 5 heteroatoms. The van der Waals surface area contributed by atoms with Gasteiger partial charge in [0.2, 0.25) is 0 Å². The van der Waals surface area contributed by atoms with Crippen LogP contribution < -0.4 is 10.6 Å². The molecule has 0 aromatic rings. The summed E-state index contributed by atoms with van der Waals surface area (Å²) in [4.78, 5) is 21.3. The largest absolute Gasteiger partial charge is 0.480 e. The molecule has 0 saturated heterocycles. The molecular formula is C7H14N2O3. The summed E-state index contributed by atoms with van der Waals surface area (Å²) in [5.41, 5.74) is 0. The van der Waals surface area contributed by atoms with Gasteiger partial charge in [-0.15, -0.1) is 0 Å². The molecule has 0 aliphatic heterocycles. The Morgan fingerprint density at radius 2 is 1.83 bits per heavy atom. The van der Waals surface area contributed by atoms with E-state index in [1.54, 1.807) is 13.8 Å².